The van der Waals surface area contributed by atoms with E-state index < -0.39 is 15.7 Å². The molecule has 0 spiro atoms. The lowest BCUT2D eigenvalue weighted by Gasteiger charge is -2.09. The highest BCUT2D eigenvalue weighted by Gasteiger charge is 2.31. The van der Waals surface area contributed by atoms with Gasteiger partial charge in [0.15, 0.2) is 0 Å². The van der Waals surface area contributed by atoms with Crippen molar-refractivity contribution in [1.82, 2.24) is 0 Å². The number of benzene rings is 3. The van der Waals surface area contributed by atoms with E-state index in [4.69, 9.17) is 5.73 Å². The summed E-state index contributed by atoms with van der Waals surface area (Å²) in [7, 11) is -4.03. The van der Waals surface area contributed by atoms with E-state index in [0.29, 0.717) is 11.3 Å². The molecule has 4 rings (SSSR count). The van der Waals surface area contributed by atoms with Gasteiger partial charge in [0.1, 0.15) is 20.6 Å². The summed E-state index contributed by atoms with van der Waals surface area (Å²) in [6.07, 6.45) is 0. The number of nitrogen functional groups attached to an aromatic ring is 1. The number of thiophene rings is 1. The molecule has 0 saturated heterocycles. The zero-order valence-corrected chi connectivity index (χ0v) is 17.7. The molecule has 3 aromatic carbocycles. The molecule has 8 heteroatoms. The lowest BCUT2D eigenvalue weighted by atomic mass is 10.1. The van der Waals surface area contributed by atoms with E-state index in [9.17, 15) is 17.6 Å². The Morgan fingerprint density at radius 1 is 0.871 bits per heavy atom. The second-order valence-electron chi connectivity index (χ2n) is 6.65. The molecule has 0 saturated carbocycles. The Morgan fingerprint density at radius 3 is 2.06 bits per heavy atom. The molecule has 0 aliphatic carbocycles. The van der Waals surface area contributed by atoms with Gasteiger partial charge in [-0.05, 0) is 36.4 Å². The number of hydrogen-bond donors (Lipinski definition) is 2. The molecule has 0 unspecified atom stereocenters. The van der Waals surface area contributed by atoms with Gasteiger partial charge in [0.05, 0.1) is 10.6 Å². The number of carbonyl (C=O) groups is 1. The number of rotatable bonds is 6. The summed E-state index contributed by atoms with van der Waals surface area (Å²) in [6, 6.07) is 21.8. The second kappa shape index (κ2) is 8.33. The summed E-state index contributed by atoms with van der Waals surface area (Å²) in [5.41, 5.74) is 7.00. The molecule has 0 fully saturated rings. The highest BCUT2D eigenvalue weighted by Crippen LogP contribution is 2.44. The topological polar surface area (TPSA) is 89.3 Å². The summed E-state index contributed by atoms with van der Waals surface area (Å²) < 4.78 is 40.1. The smallest absolute Gasteiger partial charge is 0.211 e. The Hall–Kier alpha value is -3.49. The number of nitrogens with one attached hydrogen (secondary N) is 1. The summed E-state index contributed by atoms with van der Waals surface area (Å²) >= 11 is 0.951. The number of carbonyl (C=O) groups excluding carboxylic acids is 1. The van der Waals surface area contributed by atoms with Crippen LogP contribution in [0.1, 0.15) is 15.2 Å². The van der Waals surface area contributed by atoms with Crippen LogP contribution in [0.2, 0.25) is 0 Å². The van der Waals surface area contributed by atoms with Crippen LogP contribution in [0, 0.1) is 5.82 Å². The monoisotopic (exact) mass is 452 g/mol. The zero-order chi connectivity index (χ0) is 22.0. The third kappa shape index (κ3) is 4.08. The van der Waals surface area contributed by atoms with E-state index in [2.05, 4.69) is 5.32 Å². The highest BCUT2D eigenvalue weighted by atomic mass is 32.2. The van der Waals surface area contributed by atoms with Gasteiger partial charge in [0.25, 0.3) is 0 Å². The van der Waals surface area contributed by atoms with Crippen LogP contribution in [-0.2, 0) is 9.84 Å². The van der Waals surface area contributed by atoms with Crippen LogP contribution in [0.15, 0.2) is 94.7 Å². The molecule has 156 valence electrons. The van der Waals surface area contributed by atoms with Gasteiger partial charge >= 0.3 is 0 Å². The Morgan fingerprint density at radius 2 is 1.45 bits per heavy atom. The van der Waals surface area contributed by atoms with E-state index in [1.807, 2.05) is 0 Å². The Labute approximate surface area is 182 Å². The standard InChI is InChI=1S/C23H17FN2O3S2/c24-16-11-13-17(14-12-16)26-23-22(31(28,29)18-9-5-2-6-10-18)19(25)21(30-23)20(27)15-7-3-1-4-8-15/h1-14,26H,25H2. The van der Waals surface area contributed by atoms with Gasteiger partial charge in [-0.3, -0.25) is 4.79 Å². The fourth-order valence-electron chi connectivity index (χ4n) is 3.05. The molecule has 3 N–H and O–H groups in total. The van der Waals surface area contributed by atoms with E-state index in [0.717, 1.165) is 11.3 Å². The fraction of sp³-hybridized carbons (Fsp3) is 0. The minimum absolute atomic E-state index is 0.0559. The molecule has 0 aliphatic rings. The molecule has 1 aromatic heterocycles. The van der Waals surface area contributed by atoms with Gasteiger partial charge in [-0.25, -0.2) is 12.8 Å². The largest absolute Gasteiger partial charge is 0.396 e. The highest BCUT2D eigenvalue weighted by molar-refractivity contribution is 7.92. The van der Waals surface area contributed by atoms with Gasteiger partial charge < -0.3 is 11.1 Å². The van der Waals surface area contributed by atoms with E-state index in [1.54, 1.807) is 48.5 Å². The summed E-state index contributed by atoms with van der Waals surface area (Å²) in [4.78, 5) is 13.0. The summed E-state index contributed by atoms with van der Waals surface area (Å²) in [6.45, 7) is 0. The number of nitrogens with two attached hydrogens (primary N) is 1. The maximum Gasteiger partial charge on any atom is 0.211 e. The molecule has 1 heterocycles. The van der Waals surface area contributed by atoms with Crippen molar-refractivity contribution in [3.8, 4) is 0 Å². The zero-order valence-electron chi connectivity index (χ0n) is 16.1. The number of anilines is 3. The average molecular weight is 453 g/mol. The first-order chi connectivity index (χ1) is 14.9. The maximum atomic E-state index is 13.4. The molecule has 31 heavy (non-hydrogen) atoms. The Bertz CT molecular complexity index is 1340. The summed E-state index contributed by atoms with van der Waals surface area (Å²) in [5, 5.41) is 3.17. The number of sulfone groups is 1. The lowest BCUT2D eigenvalue weighted by Crippen LogP contribution is -2.08. The molecule has 0 bridgehead atoms. The predicted molar refractivity (Wildman–Crippen MR) is 120 cm³/mol. The van der Waals surface area contributed by atoms with Gasteiger partial charge in [0.2, 0.25) is 15.6 Å². The van der Waals surface area contributed by atoms with Gasteiger partial charge in [-0.15, -0.1) is 11.3 Å². The van der Waals surface area contributed by atoms with Crippen LogP contribution in [0.3, 0.4) is 0 Å². The van der Waals surface area contributed by atoms with Crippen molar-refractivity contribution < 1.29 is 17.6 Å². The lowest BCUT2D eigenvalue weighted by molar-refractivity contribution is 0.104. The quantitative estimate of drug-likeness (QED) is 0.389. The van der Waals surface area contributed by atoms with E-state index in [1.165, 1.54) is 36.4 Å². The summed E-state index contributed by atoms with van der Waals surface area (Å²) in [5.74, 6) is -0.798. The SMILES string of the molecule is Nc1c(C(=O)c2ccccc2)sc(Nc2ccc(F)cc2)c1S(=O)(=O)c1ccccc1. The van der Waals surface area contributed by atoms with Crippen molar-refractivity contribution >= 4 is 43.3 Å². The van der Waals surface area contributed by atoms with E-state index in [-0.39, 0.29) is 31.1 Å². The first-order valence-corrected chi connectivity index (χ1v) is 11.5. The second-order valence-corrected chi connectivity index (χ2v) is 9.55. The molecule has 0 amide bonds. The van der Waals surface area contributed by atoms with Crippen LogP contribution < -0.4 is 11.1 Å². The molecule has 5 nitrogen and oxygen atoms in total. The molecule has 0 aliphatic heterocycles. The van der Waals surface area contributed by atoms with Crippen molar-refractivity contribution in [2.45, 2.75) is 9.79 Å². The first kappa shape index (κ1) is 20.8. The number of halogens is 1. The number of ketones is 1. The molecule has 0 radical (unpaired) electrons. The van der Waals surface area contributed by atoms with Crippen molar-refractivity contribution in [3.05, 3.63) is 101 Å². The normalized spacial score (nSPS) is 11.3. The Balaban J connectivity index is 1.88. The van der Waals surface area contributed by atoms with Gasteiger partial charge in [0, 0.05) is 11.3 Å². The van der Waals surface area contributed by atoms with Crippen LogP contribution in [0.25, 0.3) is 0 Å². The fourth-order valence-corrected chi connectivity index (χ4v) is 6.00. The van der Waals surface area contributed by atoms with Gasteiger partial charge in [-0.1, -0.05) is 48.5 Å². The predicted octanol–water partition coefficient (Wildman–Crippen LogP) is 5.28. The minimum Gasteiger partial charge on any atom is -0.396 e. The minimum atomic E-state index is -4.03. The van der Waals surface area contributed by atoms with Crippen molar-refractivity contribution in [1.29, 1.82) is 0 Å². The molecule has 0 atom stereocenters. The van der Waals surface area contributed by atoms with Crippen LogP contribution in [-0.4, -0.2) is 14.2 Å². The Kier molecular flexibility index (Phi) is 5.58. The van der Waals surface area contributed by atoms with Crippen LogP contribution in [0.5, 0.6) is 0 Å². The molecular weight excluding hydrogens is 435 g/mol. The molecular formula is C23H17FN2O3S2. The third-order valence-corrected chi connectivity index (χ3v) is 7.67. The molecule has 4 aromatic rings. The maximum absolute atomic E-state index is 13.4. The van der Waals surface area contributed by atoms with Crippen LogP contribution in [0.4, 0.5) is 20.8 Å². The van der Waals surface area contributed by atoms with Crippen LogP contribution >= 0.6 is 11.3 Å². The first-order valence-electron chi connectivity index (χ1n) is 9.22. The third-order valence-electron chi connectivity index (χ3n) is 4.57. The van der Waals surface area contributed by atoms with Crippen molar-refractivity contribution in [2.75, 3.05) is 11.1 Å². The van der Waals surface area contributed by atoms with Gasteiger partial charge in [-0.2, -0.15) is 0 Å². The van der Waals surface area contributed by atoms with Crippen molar-refractivity contribution in [3.63, 3.8) is 0 Å². The average Bonchev–Trinajstić information content (AvgIpc) is 3.12. The van der Waals surface area contributed by atoms with E-state index >= 15 is 0 Å². The number of hydrogen-bond acceptors (Lipinski definition) is 6. The van der Waals surface area contributed by atoms with Crippen molar-refractivity contribution in [2.24, 2.45) is 0 Å².